The van der Waals surface area contributed by atoms with Crippen molar-refractivity contribution in [2.45, 2.75) is 43.7 Å². The first-order valence-corrected chi connectivity index (χ1v) is 13.3. The number of aryl methyl sites for hydroxylation is 2. The molecule has 0 atom stereocenters. The Balaban J connectivity index is 1.37. The molecular formula is C26H26N2O2S2. The molecule has 164 valence electrons. The molecule has 1 N–H and O–H groups in total. The van der Waals surface area contributed by atoms with E-state index in [9.17, 15) is 4.79 Å². The first-order valence-electron chi connectivity index (χ1n) is 11.3. The van der Waals surface area contributed by atoms with Crippen molar-refractivity contribution in [3.63, 3.8) is 0 Å². The Morgan fingerprint density at radius 2 is 1.91 bits per heavy atom. The summed E-state index contributed by atoms with van der Waals surface area (Å²) < 4.78 is 8.59. The zero-order chi connectivity index (χ0) is 21.9. The van der Waals surface area contributed by atoms with Crippen LogP contribution in [0.25, 0.3) is 21.8 Å². The van der Waals surface area contributed by atoms with E-state index >= 15 is 0 Å². The van der Waals surface area contributed by atoms with Crippen molar-refractivity contribution in [3.05, 3.63) is 65.1 Å². The van der Waals surface area contributed by atoms with Gasteiger partial charge in [0.2, 0.25) is 0 Å². The summed E-state index contributed by atoms with van der Waals surface area (Å²) in [4.78, 5) is 13.3. The molecule has 1 amide bonds. The highest BCUT2D eigenvalue weighted by molar-refractivity contribution is 8.20. The molecular weight excluding hydrogens is 436 g/mol. The Morgan fingerprint density at radius 1 is 1.12 bits per heavy atom. The minimum atomic E-state index is -0.154. The van der Waals surface area contributed by atoms with Crippen molar-refractivity contribution in [1.82, 2.24) is 4.57 Å². The van der Waals surface area contributed by atoms with E-state index in [4.69, 9.17) is 4.42 Å². The van der Waals surface area contributed by atoms with Gasteiger partial charge in [-0.2, -0.15) is 0 Å². The van der Waals surface area contributed by atoms with Gasteiger partial charge in [0.1, 0.15) is 5.76 Å². The number of hydrogen-bond donors (Lipinski definition) is 1. The molecule has 2 aliphatic rings. The molecule has 0 unspecified atom stereocenters. The molecule has 6 rings (SSSR count). The average molecular weight is 463 g/mol. The molecule has 1 fully saturated rings. The normalized spacial score (nSPS) is 17.3. The van der Waals surface area contributed by atoms with Crippen molar-refractivity contribution in [3.8, 4) is 0 Å². The molecule has 1 saturated heterocycles. The van der Waals surface area contributed by atoms with Gasteiger partial charge in [-0.05, 0) is 51.0 Å². The SMILES string of the molecule is CCn1c2ccccc2c2cc(NC(=O)c3oc4c(c3C)C3(CCC4)SCCS3)ccc21. The largest absolute Gasteiger partial charge is 0.455 e. The summed E-state index contributed by atoms with van der Waals surface area (Å²) in [6, 6.07) is 14.6. The van der Waals surface area contributed by atoms with E-state index in [2.05, 4.69) is 60.1 Å². The highest BCUT2D eigenvalue weighted by atomic mass is 32.2. The van der Waals surface area contributed by atoms with E-state index in [1.165, 1.54) is 33.5 Å². The van der Waals surface area contributed by atoms with Gasteiger partial charge in [0.25, 0.3) is 5.91 Å². The Hall–Kier alpha value is -2.31. The summed E-state index contributed by atoms with van der Waals surface area (Å²) in [6.45, 7) is 5.13. The molecule has 2 aromatic heterocycles. The first-order chi connectivity index (χ1) is 15.6. The third-order valence-corrected chi connectivity index (χ3v) is 10.3. The summed E-state index contributed by atoms with van der Waals surface area (Å²) in [7, 11) is 0. The lowest BCUT2D eigenvalue weighted by Crippen LogP contribution is -2.21. The monoisotopic (exact) mass is 462 g/mol. The Bertz CT molecular complexity index is 1360. The van der Waals surface area contributed by atoms with Gasteiger partial charge >= 0.3 is 0 Å². The molecule has 1 aliphatic heterocycles. The van der Waals surface area contributed by atoms with Gasteiger partial charge in [0, 0.05) is 63.1 Å². The molecule has 1 aliphatic carbocycles. The van der Waals surface area contributed by atoms with Crippen LogP contribution in [-0.4, -0.2) is 22.0 Å². The van der Waals surface area contributed by atoms with Gasteiger partial charge in [0.15, 0.2) is 5.76 Å². The van der Waals surface area contributed by atoms with Crippen LogP contribution in [0.15, 0.2) is 46.9 Å². The Kier molecular flexibility index (Phi) is 4.84. The van der Waals surface area contributed by atoms with Crippen LogP contribution < -0.4 is 5.32 Å². The number of carbonyl (C=O) groups excluding carboxylic acids is 1. The lowest BCUT2D eigenvalue weighted by molar-refractivity contribution is 0.0994. The Labute approximate surface area is 196 Å². The van der Waals surface area contributed by atoms with Gasteiger partial charge in [-0.15, -0.1) is 23.5 Å². The van der Waals surface area contributed by atoms with Gasteiger partial charge < -0.3 is 14.3 Å². The van der Waals surface area contributed by atoms with Gasteiger partial charge in [-0.1, -0.05) is 18.2 Å². The summed E-state index contributed by atoms with van der Waals surface area (Å²) in [5.41, 5.74) is 5.51. The lowest BCUT2D eigenvalue weighted by atomic mass is 9.94. The number of aromatic nitrogens is 1. The van der Waals surface area contributed by atoms with Crippen LogP contribution in [0.1, 0.15) is 47.2 Å². The van der Waals surface area contributed by atoms with Gasteiger partial charge in [-0.25, -0.2) is 0 Å². The fraction of sp³-hybridized carbons (Fsp3) is 0.346. The predicted molar refractivity (Wildman–Crippen MR) is 136 cm³/mol. The smallest absolute Gasteiger partial charge is 0.291 e. The maximum atomic E-state index is 13.3. The molecule has 6 heteroatoms. The van der Waals surface area contributed by atoms with E-state index in [1.807, 2.05) is 29.6 Å². The van der Waals surface area contributed by atoms with Crippen molar-refractivity contribution in [2.75, 3.05) is 16.8 Å². The molecule has 32 heavy (non-hydrogen) atoms. The fourth-order valence-electron chi connectivity index (χ4n) is 5.47. The number of nitrogens with zero attached hydrogens (tertiary/aromatic N) is 1. The summed E-state index contributed by atoms with van der Waals surface area (Å²) in [5.74, 6) is 3.67. The maximum absolute atomic E-state index is 13.3. The minimum absolute atomic E-state index is 0.0839. The maximum Gasteiger partial charge on any atom is 0.291 e. The van der Waals surface area contributed by atoms with Crippen molar-refractivity contribution >= 4 is 56.9 Å². The summed E-state index contributed by atoms with van der Waals surface area (Å²) in [6.07, 6.45) is 3.21. The number of para-hydroxylation sites is 1. The van der Waals surface area contributed by atoms with Crippen LogP contribution in [0.3, 0.4) is 0 Å². The van der Waals surface area contributed by atoms with Crippen LogP contribution in [0.2, 0.25) is 0 Å². The molecule has 1 spiro atoms. The number of anilines is 1. The molecule has 3 heterocycles. The van der Waals surface area contributed by atoms with E-state index in [-0.39, 0.29) is 9.99 Å². The summed E-state index contributed by atoms with van der Waals surface area (Å²) in [5, 5.41) is 5.49. The zero-order valence-electron chi connectivity index (χ0n) is 18.4. The number of thioether (sulfide) groups is 2. The Morgan fingerprint density at radius 3 is 2.72 bits per heavy atom. The number of rotatable bonds is 3. The van der Waals surface area contributed by atoms with E-state index < -0.39 is 0 Å². The lowest BCUT2D eigenvalue weighted by Gasteiger charge is -2.31. The van der Waals surface area contributed by atoms with Crippen molar-refractivity contribution in [1.29, 1.82) is 0 Å². The second kappa shape index (κ2) is 7.63. The number of furan rings is 1. The number of amides is 1. The second-order valence-electron chi connectivity index (χ2n) is 8.61. The molecule has 4 nitrogen and oxygen atoms in total. The van der Waals surface area contributed by atoms with Crippen LogP contribution >= 0.6 is 23.5 Å². The number of carbonyl (C=O) groups is 1. The average Bonchev–Trinajstić information content (AvgIpc) is 3.49. The highest BCUT2D eigenvalue weighted by Gasteiger charge is 2.45. The molecule has 2 aromatic carbocycles. The van der Waals surface area contributed by atoms with E-state index in [1.54, 1.807) is 0 Å². The number of nitrogens with one attached hydrogen (secondary N) is 1. The fourth-order valence-corrected chi connectivity index (χ4v) is 9.03. The van der Waals surface area contributed by atoms with Crippen LogP contribution in [-0.2, 0) is 17.0 Å². The van der Waals surface area contributed by atoms with Gasteiger partial charge in [-0.3, -0.25) is 4.79 Å². The van der Waals surface area contributed by atoms with E-state index in [0.29, 0.717) is 5.76 Å². The highest BCUT2D eigenvalue weighted by Crippen LogP contribution is 2.59. The van der Waals surface area contributed by atoms with Crippen molar-refractivity contribution < 1.29 is 9.21 Å². The first kappa shape index (κ1) is 20.3. The third-order valence-electron chi connectivity index (χ3n) is 6.82. The second-order valence-corrected chi connectivity index (χ2v) is 11.7. The van der Waals surface area contributed by atoms with Crippen LogP contribution in [0.4, 0.5) is 5.69 Å². The topological polar surface area (TPSA) is 47.2 Å². The predicted octanol–water partition coefficient (Wildman–Crippen LogP) is 6.94. The molecule has 0 saturated carbocycles. The zero-order valence-corrected chi connectivity index (χ0v) is 20.0. The van der Waals surface area contributed by atoms with Crippen LogP contribution in [0.5, 0.6) is 0 Å². The molecule has 4 aromatic rings. The number of hydrogen-bond acceptors (Lipinski definition) is 4. The minimum Gasteiger partial charge on any atom is -0.455 e. The summed E-state index contributed by atoms with van der Waals surface area (Å²) >= 11 is 4.05. The van der Waals surface area contributed by atoms with Crippen LogP contribution in [0, 0.1) is 6.92 Å². The number of fused-ring (bicyclic) bond motifs is 5. The van der Waals surface area contributed by atoms with E-state index in [0.717, 1.165) is 48.2 Å². The standard InChI is InChI=1S/C26H26N2O2S2/c1-3-28-20-8-5-4-7-18(20)19-15-17(10-11-21(19)28)27-25(29)24-16(2)23-22(30-24)9-6-12-26(23)31-13-14-32-26/h4-5,7-8,10-11,15H,3,6,9,12-14H2,1-2H3,(H,27,29). The van der Waals surface area contributed by atoms with Crippen molar-refractivity contribution in [2.24, 2.45) is 0 Å². The number of benzene rings is 2. The quantitative estimate of drug-likeness (QED) is 0.358. The van der Waals surface area contributed by atoms with Gasteiger partial charge in [0.05, 0.1) is 4.08 Å². The third kappa shape index (κ3) is 2.96. The molecule has 0 radical (unpaired) electrons. The molecule has 0 bridgehead atoms.